The van der Waals surface area contributed by atoms with Gasteiger partial charge in [0.15, 0.2) is 0 Å². The first-order chi connectivity index (χ1) is 12.3. The van der Waals surface area contributed by atoms with Gasteiger partial charge in [0.2, 0.25) is 0 Å². The Morgan fingerprint density at radius 2 is 1.76 bits per heavy atom. The summed E-state index contributed by atoms with van der Waals surface area (Å²) in [6, 6.07) is 23.8. The van der Waals surface area contributed by atoms with Gasteiger partial charge in [-0.15, -0.1) is 11.3 Å². The van der Waals surface area contributed by atoms with Gasteiger partial charge in [-0.05, 0) is 39.9 Å². The van der Waals surface area contributed by atoms with E-state index < -0.39 is 0 Å². The number of rotatable bonds is 4. The molecule has 0 aliphatic carbocycles. The number of hydrogen-bond donors (Lipinski definition) is 0. The van der Waals surface area contributed by atoms with E-state index in [0.29, 0.717) is 17.2 Å². The normalized spacial score (nSPS) is 10.7. The summed E-state index contributed by atoms with van der Waals surface area (Å²) in [6.45, 7) is 0.481. The summed E-state index contributed by atoms with van der Waals surface area (Å²) < 4.78 is 0. The highest BCUT2D eigenvalue weighted by molar-refractivity contribution is 7.12. The second-order valence-corrected chi connectivity index (χ2v) is 6.64. The lowest BCUT2D eigenvalue weighted by Crippen LogP contribution is -2.30. The van der Waals surface area contributed by atoms with Crippen LogP contribution in [-0.4, -0.2) is 10.9 Å². The Bertz CT molecular complexity index is 992. The van der Waals surface area contributed by atoms with Crippen LogP contribution in [-0.2, 0) is 6.54 Å². The van der Waals surface area contributed by atoms with Crippen LogP contribution in [0.1, 0.15) is 15.2 Å². The first-order valence-corrected chi connectivity index (χ1v) is 8.94. The highest BCUT2D eigenvalue weighted by atomic mass is 32.1. The Labute approximate surface area is 150 Å². The van der Waals surface area contributed by atoms with E-state index in [9.17, 15) is 4.79 Å². The molecule has 0 aliphatic heterocycles. The third kappa shape index (κ3) is 3.16. The molecule has 0 unspecified atom stereocenters. The molecule has 0 radical (unpaired) electrons. The zero-order chi connectivity index (χ0) is 17.1. The van der Waals surface area contributed by atoms with Gasteiger partial charge in [0, 0.05) is 6.20 Å². The number of pyridine rings is 1. The fourth-order valence-corrected chi connectivity index (χ4v) is 3.58. The van der Waals surface area contributed by atoms with E-state index in [1.54, 1.807) is 11.1 Å². The van der Waals surface area contributed by atoms with E-state index in [1.165, 1.54) is 16.7 Å². The van der Waals surface area contributed by atoms with Gasteiger partial charge in [0.25, 0.3) is 5.91 Å². The molecule has 2 aromatic carbocycles. The van der Waals surface area contributed by atoms with Crippen molar-refractivity contribution in [2.24, 2.45) is 0 Å². The predicted molar refractivity (Wildman–Crippen MR) is 103 cm³/mol. The molecule has 122 valence electrons. The predicted octanol–water partition coefficient (Wildman–Crippen LogP) is 5.14. The maximum absolute atomic E-state index is 13.0. The number of aromatic nitrogens is 1. The standard InChI is InChI=1S/C21H16N2OS/c24-21(19-11-6-14-25-19)23(20-12-3-4-13-22-20)15-17-9-5-8-16-7-1-2-10-18(16)17/h1-14H,15H2. The zero-order valence-electron chi connectivity index (χ0n) is 13.5. The van der Waals surface area contributed by atoms with Crippen LogP contribution in [0, 0.1) is 0 Å². The highest BCUT2D eigenvalue weighted by Crippen LogP contribution is 2.24. The van der Waals surface area contributed by atoms with Gasteiger partial charge in [0.05, 0.1) is 11.4 Å². The highest BCUT2D eigenvalue weighted by Gasteiger charge is 2.20. The fraction of sp³-hybridized carbons (Fsp3) is 0.0476. The molecule has 0 bridgehead atoms. The summed E-state index contributed by atoms with van der Waals surface area (Å²) in [5.41, 5.74) is 1.11. The Balaban J connectivity index is 1.77. The number of carbonyl (C=O) groups is 1. The van der Waals surface area contributed by atoms with Crippen molar-refractivity contribution in [1.29, 1.82) is 0 Å². The Morgan fingerprint density at radius 3 is 2.56 bits per heavy atom. The van der Waals surface area contributed by atoms with E-state index in [0.717, 1.165) is 10.9 Å². The summed E-state index contributed by atoms with van der Waals surface area (Å²) in [6.07, 6.45) is 1.72. The topological polar surface area (TPSA) is 33.2 Å². The summed E-state index contributed by atoms with van der Waals surface area (Å²) >= 11 is 1.45. The molecule has 0 aliphatic rings. The van der Waals surface area contributed by atoms with Crippen molar-refractivity contribution in [3.63, 3.8) is 0 Å². The average molecular weight is 344 g/mol. The molecule has 0 saturated carbocycles. The molecule has 0 fully saturated rings. The minimum atomic E-state index is -0.0263. The molecule has 0 saturated heterocycles. The fourth-order valence-electron chi connectivity index (χ4n) is 2.90. The molecule has 4 rings (SSSR count). The third-order valence-electron chi connectivity index (χ3n) is 4.11. The molecule has 0 spiro atoms. The maximum Gasteiger partial charge on any atom is 0.269 e. The van der Waals surface area contributed by atoms with Crippen LogP contribution < -0.4 is 4.90 Å². The van der Waals surface area contributed by atoms with Crippen LogP contribution >= 0.6 is 11.3 Å². The average Bonchev–Trinajstić information content (AvgIpc) is 3.21. The Kier molecular flexibility index (Phi) is 4.27. The monoisotopic (exact) mass is 344 g/mol. The van der Waals surface area contributed by atoms with E-state index in [1.807, 2.05) is 53.9 Å². The minimum Gasteiger partial charge on any atom is -0.287 e. The van der Waals surface area contributed by atoms with E-state index in [-0.39, 0.29) is 5.91 Å². The summed E-state index contributed by atoms with van der Waals surface area (Å²) in [4.78, 5) is 19.9. The third-order valence-corrected chi connectivity index (χ3v) is 4.97. The second kappa shape index (κ2) is 6.87. The van der Waals surface area contributed by atoms with Crippen LogP contribution in [0.5, 0.6) is 0 Å². The number of fused-ring (bicyclic) bond motifs is 1. The van der Waals surface area contributed by atoms with Gasteiger partial charge in [-0.2, -0.15) is 0 Å². The summed E-state index contributed by atoms with van der Waals surface area (Å²) in [5, 5.41) is 4.25. The molecule has 2 aromatic heterocycles. The van der Waals surface area contributed by atoms with Crippen LogP contribution in [0.2, 0.25) is 0 Å². The Hall–Kier alpha value is -2.98. The molecule has 4 aromatic rings. The number of amides is 1. The van der Waals surface area contributed by atoms with Crippen molar-refractivity contribution in [2.45, 2.75) is 6.54 Å². The lowest BCUT2D eigenvalue weighted by Gasteiger charge is -2.22. The molecule has 1 amide bonds. The maximum atomic E-state index is 13.0. The van der Waals surface area contributed by atoms with Gasteiger partial charge in [-0.1, -0.05) is 54.6 Å². The smallest absolute Gasteiger partial charge is 0.269 e. The van der Waals surface area contributed by atoms with Crippen molar-refractivity contribution in [3.8, 4) is 0 Å². The molecule has 2 heterocycles. The zero-order valence-corrected chi connectivity index (χ0v) is 14.3. The largest absolute Gasteiger partial charge is 0.287 e. The van der Waals surface area contributed by atoms with Crippen molar-refractivity contribution < 1.29 is 4.79 Å². The van der Waals surface area contributed by atoms with Crippen molar-refractivity contribution in [3.05, 3.63) is 94.8 Å². The molecular weight excluding hydrogens is 328 g/mol. The van der Waals surface area contributed by atoms with Gasteiger partial charge in [-0.25, -0.2) is 4.98 Å². The molecular formula is C21H16N2OS. The van der Waals surface area contributed by atoms with Crippen molar-refractivity contribution >= 4 is 33.8 Å². The SMILES string of the molecule is O=C(c1cccs1)N(Cc1cccc2ccccc12)c1ccccn1. The number of carbonyl (C=O) groups excluding carboxylic acids is 1. The molecule has 0 atom stereocenters. The van der Waals surface area contributed by atoms with Crippen molar-refractivity contribution in [1.82, 2.24) is 4.98 Å². The lowest BCUT2D eigenvalue weighted by atomic mass is 10.0. The lowest BCUT2D eigenvalue weighted by molar-refractivity contribution is 0.0988. The van der Waals surface area contributed by atoms with Crippen LogP contribution in [0.4, 0.5) is 5.82 Å². The Morgan fingerprint density at radius 1 is 0.920 bits per heavy atom. The first kappa shape index (κ1) is 15.5. The van der Waals surface area contributed by atoms with Crippen LogP contribution in [0.3, 0.4) is 0 Å². The van der Waals surface area contributed by atoms with E-state index >= 15 is 0 Å². The molecule has 3 nitrogen and oxygen atoms in total. The quantitative estimate of drug-likeness (QED) is 0.513. The van der Waals surface area contributed by atoms with Gasteiger partial charge in [-0.3, -0.25) is 9.69 Å². The molecule has 25 heavy (non-hydrogen) atoms. The minimum absolute atomic E-state index is 0.0263. The molecule has 4 heteroatoms. The number of thiophene rings is 1. The van der Waals surface area contributed by atoms with Gasteiger partial charge in [0.1, 0.15) is 5.82 Å². The van der Waals surface area contributed by atoms with Crippen molar-refractivity contribution in [2.75, 3.05) is 4.90 Å². The van der Waals surface area contributed by atoms with Gasteiger partial charge >= 0.3 is 0 Å². The number of hydrogen-bond acceptors (Lipinski definition) is 3. The van der Waals surface area contributed by atoms with E-state index in [2.05, 4.69) is 29.2 Å². The van der Waals surface area contributed by atoms with Crippen LogP contribution in [0.15, 0.2) is 84.4 Å². The van der Waals surface area contributed by atoms with Crippen LogP contribution in [0.25, 0.3) is 10.8 Å². The summed E-state index contributed by atoms with van der Waals surface area (Å²) in [7, 11) is 0. The second-order valence-electron chi connectivity index (χ2n) is 5.69. The van der Waals surface area contributed by atoms with E-state index in [4.69, 9.17) is 0 Å². The van der Waals surface area contributed by atoms with Gasteiger partial charge < -0.3 is 0 Å². The first-order valence-electron chi connectivity index (χ1n) is 8.06. The number of nitrogens with zero attached hydrogens (tertiary/aromatic N) is 2. The number of anilines is 1. The number of benzene rings is 2. The molecule has 0 N–H and O–H groups in total. The summed E-state index contributed by atoms with van der Waals surface area (Å²) in [5.74, 6) is 0.635.